The van der Waals surface area contributed by atoms with E-state index in [0.717, 1.165) is 5.56 Å². The van der Waals surface area contributed by atoms with Crippen molar-refractivity contribution < 1.29 is 19.7 Å². The highest BCUT2D eigenvalue weighted by atomic mass is 32.2. The zero-order valence-corrected chi connectivity index (χ0v) is 14.9. The molecule has 0 unspecified atom stereocenters. The van der Waals surface area contributed by atoms with Crippen LogP contribution in [0, 0.1) is 0 Å². The van der Waals surface area contributed by atoms with Gasteiger partial charge >= 0.3 is 0 Å². The Morgan fingerprint density at radius 1 is 1.24 bits per heavy atom. The molecule has 0 spiro atoms. The number of rotatable bonds is 4. The van der Waals surface area contributed by atoms with Gasteiger partial charge in [0, 0.05) is 6.07 Å². The second kappa shape index (κ2) is 7.16. The van der Waals surface area contributed by atoms with Gasteiger partial charge in [-0.05, 0) is 42.8 Å². The van der Waals surface area contributed by atoms with Crippen LogP contribution in [-0.4, -0.2) is 27.0 Å². The SMILES string of the molecule is CCOc1cc(C=C2SC(=S)N(c3cccc(O)c3)C2=O)ccc1O. The molecule has 2 N–H and O–H groups in total. The fraction of sp³-hybridized carbons (Fsp3) is 0.111. The van der Waals surface area contributed by atoms with Crippen LogP contribution in [0.25, 0.3) is 6.08 Å². The van der Waals surface area contributed by atoms with Crippen LogP contribution < -0.4 is 9.64 Å². The van der Waals surface area contributed by atoms with Gasteiger partial charge in [-0.15, -0.1) is 0 Å². The van der Waals surface area contributed by atoms with Gasteiger partial charge in [0.05, 0.1) is 17.2 Å². The van der Waals surface area contributed by atoms with Gasteiger partial charge in [-0.25, -0.2) is 0 Å². The molecule has 1 saturated heterocycles. The van der Waals surface area contributed by atoms with Crippen molar-refractivity contribution in [2.75, 3.05) is 11.5 Å². The van der Waals surface area contributed by atoms with E-state index in [1.807, 2.05) is 6.92 Å². The van der Waals surface area contributed by atoms with E-state index in [-0.39, 0.29) is 17.4 Å². The summed E-state index contributed by atoms with van der Waals surface area (Å²) in [6, 6.07) is 11.3. The van der Waals surface area contributed by atoms with Gasteiger partial charge in [0.15, 0.2) is 15.8 Å². The Balaban J connectivity index is 1.92. The van der Waals surface area contributed by atoms with Crippen molar-refractivity contribution in [1.29, 1.82) is 0 Å². The van der Waals surface area contributed by atoms with Gasteiger partial charge in [-0.1, -0.05) is 36.1 Å². The first-order valence-corrected chi connectivity index (χ1v) is 8.75. The third-order valence-corrected chi connectivity index (χ3v) is 4.77. The van der Waals surface area contributed by atoms with E-state index >= 15 is 0 Å². The lowest BCUT2D eigenvalue weighted by molar-refractivity contribution is -0.113. The van der Waals surface area contributed by atoms with Crippen LogP contribution in [0.15, 0.2) is 47.4 Å². The fourth-order valence-electron chi connectivity index (χ4n) is 2.37. The van der Waals surface area contributed by atoms with Gasteiger partial charge < -0.3 is 14.9 Å². The monoisotopic (exact) mass is 373 g/mol. The molecule has 0 aromatic heterocycles. The van der Waals surface area contributed by atoms with Gasteiger partial charge in [0.2, 0.25) is 0 Å². The smallest absolute Gasteiger partial charge is 0.270 e. The number of phenolic OH excluding ortho intramolecular Hbond substituents is 2. The number of carbonyl (C=O) groups is 1. The van der Waals surface area contributed by atoms with Crippen LogP contribution in [0.5, 0.6) is 17.2 Å². The van der Waals surface area contributed by atoms with E-state index in [9.17, 15) is 15.0 Å². The van der Waals surface area contributed by atoms with Crippen molar-refractivity contribution in [3.05, 3.63) is 52.9 Å². The largest absolute Gasteiger partial charge is 0.508 e. The maximum Gasteiger partial charge on any atom is 0.270 e. The molecule has 0 atom stereocenters. The Labute approximate surface area is 154 Å². The second-order valence-electron chi connectivity index (χ2n) is 5.20. The van der Waals surface area contributed by atoms with E-state index in [2.05, 4.69) is 0 Å². The number of hydrogen-bond acceptors (Lipinski definition) is 6. The molecule has 128 valence electrons. The Kier molecular flexibility index (Phi) is 4.96. The summed E-state index contributed by atoms with van der Waals surface area (Å²) in [6.45, 7) is 2.25. The molecule has 0 radical (unpaired) electrons. The number of phenols is 2. The highest BCUT2D eigenvalue weighted by Gasteiger charge is 2.33. The molecule has 1 amide bonds. The van der Waals surface area contributed by atoms with Crippen LogP contribution >= 0.6 is 24.0 Å². The first-order chi connectivity index (χ1) is 12.0. The number of carbonyl (C=O) groups excluding carboxylic acids is 1. The Hall–Kier alpha value is -2.51. The molecule has 1 fully saturated rings. The van der Waals surface area contributed by atoms with E-state index in [1.54, 1.807) is 30.3 Å². The molecule has 3 rings (SSSR count). The molecule has 0 aliphatic carbocycles. The number of benzene rings is 2. The normalized spacial score (nSPS) is 15.9. The summed E-state index contributed by atoms with van der Waals surface area (Å²) < 4.78 is 5.75. The summed E-state index contributed by atoms with van der Waals surface area (Å²) in [6.07, 6.45) is 1.70. The maximum atomic E-state index is 12.7. The summed E-state index contributed by atoms with van der Waals surface area (Å²) in [5.74, 6) is 0.216. The second-order valence-corrected chi connectivity index (χ2v) is 6.87. The third-order valence-electron chi connectivity index (χ3n) is 3.46. The number of ether oxygens (including phenoxy) is 1. The number of hydrogen-bond donors (Lipinski definition) is 2. The van der Waals surface area contributed by atoms with Crippen molar-refractivity contribution >= 4 is 46.0 Å². The maximum absolute atomic E-state index is 12.7. The topological polar surface area (TPSA) is 70.0 Å². The van der Waals surface area contributed by atoms with Crippen LogP contribution in [0.1, 0.15) is 12.5 Å². The minimum absolute atomic E-state index is 0.0475. The molecule has 7 heteroatoms. The number of nitrogens with zero attached hydrogens (tertiary/aromatic N) is 1. The lowest BCUT2D eigenvalue weighted by Crippen LogP contribution is -2.27. The quantitative estimate of drug-likeness (QED) is 0.626. The number of amides is 1. The lowest BCUT2D eigenvalue weighted by atomic mass is 10.2. The zero-order valence-electron chi connectivity index (χ0n) is 13.3. The fourth-order valence-corrected chi connectivity index (χ4v) is 3.66. The van der Waals surface area contributed by atoms with Gasteiger partial charge in [0.25, 0.3) is 5.91 Å². The first kappa shape index (κ1) is 17.3. The van der Waals surface area contributed by atoms with E-state index < -0.39 is 0 Å². The average Bonchev–Trinajstić information content (AvgIpc) is 2.85. The summed E-state index contributed by atoms with van der Waals surface area (Å²) in [5.41, 5.74) is 1.24. The lowest BCUT2D eigenvalue weighted by Gasteiger charge is -2.14. The Morgan fingerprint density at radius 2 is 2.04 bits per heavy atom. The summed E-state index contributed by atoms with van der Waals surface area (Å²) >= 11 is 6.49. The standard InChI is InChI=1S/C18H15NO4S2/c1-2-23-15-8-11(6-7-14(15)21)9-16-17(22)19(18(24)25-16)12-4-3-5-13(20)10-12/h3-10,20-21H,2H2,1H3. The molecule has 0 saturated carbocycles. The van der Waals surface area contributed by atoms with Crippen molar-refractivity contribution in [3.63, 3.8) is 0 Å². The molecule has 1 aliphatic heterocycles. The number of aromatic hydroxyl groups is 2. The van der Waals surface area contributed by atoms with Crippen LogP contribution in [0.3, 0.4) is 0 Å². The van der Waals surface area contributed by atoms with E-state index in [0.29, 0.717) is 27.3 Å². The number of thiocarbonyl (C=S) groups is 1. The predicted octanol–water partition coefficient (Wildman–Crippen LogP) is 3.90. The first-order valence-electron chi connectivity index (χ1n) is 7.52. The highest BCUT2D eigenvalue weighted by Crippen LogP contribution is 2.37. The predicted molar refractivity (Wildman–Crippen MR) is 103 cm³/mol. The molecular formula is C18H15NO4S2. The van der Waals surface area contributed by atoms with Gasteiger partial charge in [0.1, 0.15) is 5.75 Å². The molecule has 1 aliphatic rings. The molecular weight excluding hydrogens is 358 g/mol. The van der Waals surface area contributed by atoms with Gasteiger partial charge in [-0.3, -0.25) is 9.69 Å². The third kappa shape index (κ3) is 3.62. The van der Waals surface area contributed by atoms with Crippen molar-refractivity contribution in [1.82, 2.24) is 0 Å². The van der Waals surface area contributed by atoms with Crippen LogP contribution in [-0.2, 0) is 4.79 Å². The molecule has 5 nitrogen and oxygen atoms in total. The van der Waals surface area contributed by atoms with E-state index in [4.69, 9.17) is 17.0 Å². The van der Waals surface area contributed by atoms with Crippen molar-refractivity contribution in [2.45, 2.75) is 6.92 Å². The van der Waals surface area contributed by atoms with Gasteiger partial charge in [-0.2, -0.15) is 0 Å². The summed E-state index contributed by atoms with van der Waals surface area (Å²) in [7, 11) is 0. The van der Waals surface area contributed by atoms with Crippen LogP contribution in [0.2, 0.25) is 0 Å². The van der Waals surface area contributed by atoms with Crippen molar-refractivity contribution in [2.24, 2.45) is 0 Å². The number of anilines is 1. The minimum atomic E-state index is -0.258. The summed E-state index contributed by atoms with van der Waals surface area (Å²) in [5, 5.41) is 19.4. The summed E-state index contributed by atoms with van der Waals surface area (Å²) in [4.78, 5) is 14.5. The van der Waals surface area contributed by atoms with E-state index in [1.165, 1.54) is 34.9 Å². The molecule has 2 aromatic carbocycles. The Morgan fingerprint density at radius 3 is 2.76 bits per heavy atom. The Bertz CT molecular complexity index is 879. The molecule has 25 heavy (non-hydrogen) atoms. The highest BCUT2D eigenvalue weighted by molar-refractivity contribution is 8.27. The van der Waals surface area contributed by atoms with Crippen LogP contribution in [0.4, 0.5) is 5.69 Å². The molecule has 0 bridgehead atoms. The molecule has 2 aromatic rings. The number of thioether (sulfide) groups is 1. The average molecular weight is 373 g/mol. The zero-order chi connectivity index (χ0) is 18.0. The minimum Gasteiger partial charge on any atom is -0.508 e. The molecule has 1 heterocycles. The van der Waals surface area contributed by atoms with Crippen molar-refractivity contribution in [3.8, 4) is 17.2 Å².